The molecule has 0 aromatic rings. The molecule has 16 heavy (non-hydrogen) atoms. The van der Waals surface area contributed by atoms with E-state index in [0.717, 1.165) is 38.6 Å². The third kappa shape index (κ3) is 4.81. The van der Waals surface area contributed by atoms with Gasteiger partial charge in [-0.1, -0.05) is 27.2 Å². The van der Waals surface area contributed by atoms with E-state index in [-0.39, 0.29) is 0 Å². The van der Waals surface area contributed by atoms with Crippen LogP contribution in [0, 0.1) is 5.92 Å². The monoisotopic (exact) mass is 228 g/mol. The van der Waals surface area contributed by atoms with Crippen LogP contribution in [0.15, 0.2) is 0 Å². The van der Waals surface area contributed by atoms with Gasteiger partial charge in [0.25, 0.3) is 0 Å². The first-order valence-corrected chi connectivity index (χ1v) is 6.81. The van der Waals surface area contributed by atoms with E-state index < -0.39 is 0 Å². The van der Waals surface area contributed by atoms with Gasteiger partial charge in [0, 0.05) is 38.8 Å². The Kier molecular flexibility index (Phi) is 7.01. The van der Waals surface area contributed by atoms with Gasteiger partial charge < -0.3 is 10.1 Å². The summed E-state index contributed by atoms with van der Waals surface area (Å²) in [7, 11) is 0. The van der Waals surface area contributed by atoms with Crippen LogP contribution in [0.1, 0.15) is 33.6 Å². The van der Waals surface area contributed by atoms with Gasteiger partial charge in [0.2, 0.25) is 0 Å². The Hall–Kier alpha value is -0.120. The van der Waals surface area contributed by atoms with Gasteiger partial charge in [-0.15, -0.1) is 0 Å². The number of rotatable bonds is 7. The molecule has 3 heteroatoms. The lowest BCUT2D eigenvalue weighted by molar-refractivity contribution is 0.0859. The first kappa shape index (κ1) is 13.9. The van der Waals surface area contributed by atoms with Crippen molar-refractivity contribution in [2.45, 2.75) is 39.7 Å². The molecule has 96 valence electrons. The fourth-order valence-electron chi connectivity index (χ4n) is 2.15. The largest absolute Gasteiger partial charge is 0.380 e. The summed E-state index contributed by atoms with van der Waals surface area (Å²) in [6, 6.07) is 0.671. The molecule has 0 aromatic heterocycles. The number of ether oxygens (including phenoxy) is 1. The summed E-state index contributed by atoms with van der Waals surface area (Å²) >= 11 is 0. The topological polar surface area (TPSA) is 24.5 Å². The Morgan fingerprint density at radius 3 is 2.88 bits per heavy atom. The van der Waals surface area contributed by atoms with Crippen LogP contribution in [-0.2, 0) is 4.74 Å². The molecular formula is C13H28N2O. The highest BCUT2D eigenvalue weighted by Gasteiger charge is 2.22. The summed E-state index contributed by atoms with van der Waals surface area (Å²) in [5.41, 5.74) is 0. The highest BCUT2D eigenvalue weighted by molar-refractivity contribution is 4.81. The first-order chi connectivity index (χ1) is 7.77. The lowest BCUT2D eigenvalue weighted by Crippen LogP contribution is -2.53. The van der Waals surface area contributed by atoms with Crippen LogP contribution in [0.25, 0.3) is 0 Å². The average molecular weight is 228 g/mol. The molecule has 0 radical (unpaired) electrons. The van der Waals surface area contributed by atoms with Crippen molar-refractivity contribution in [2.24, 2.45) is 5.92 Å². The van der Waals surface area contributed by atoms with Crippen LogP contribution in [0.4, 0.5) is 0 Å². The van der Waals surface area contributed by atoms with E-state index >= 15 is 0 Å². The second-order valence-corrected chi connectivity index (χ2v) is 4.86. The number of piperazine rings is 1. The van der Waals surface area contributed by atoms with E-state index in [0.29, 0.717) is 6.04 Å². The van der Waals surface area contributed by atoms with Gasteiger partial charge in [-0.05, 0) is 12.3 Å². The quantitative estimate of drug-likeness (QED) is 0.672. The first-order valence-electron chi connectivity index (χ1n) is 6.81. The van der Waals surface area contributed by atoms with Crippen molar-refractivity contribution in [1.82, 2.24) is 10.2 Å². The highest BCUT2D eigenvalue weighted by atomic mass is 16.5. The van der Waals surface area contributed by atoms with E-state index in [4.69, 9.17) is 4.74 Å². The van der Waals surface area contributed by atoms with Gasteiger partial charge in [-0.25, -0.2) is 0 Å². The van der Waals surface area contributed by atoms with Crippen molar-refractivity contribution < 1.29 is 4.74 Å². The van der Waals surface area contributed by atoms with Crippen LogP contribution in [0.5, 0.6) is 0 Å². The van der Waals surface area contributed by atoms with Crippen molar-refractivity contribution in [1.29, 1.82) is 0 Å². The van der Waals surface area contributed by atoms with E-state index in [1.807, 2.05) is 0 Å². The Bertz CT molecular complexity index is 175. The summed E-state index contributed by atoms with van der Waals surface area (Å²) in [5, 5.41) is 3.62. The lowest BCUT2D eigenvalue weighted by atomic mass is 9.97. The number of nitrogens with one attached hydrogen (secondary N) is 1. The summed E-state index contributed by atoms with van der Waals surface area (Å²) in [4.78, 5) is 2.53. The predicted molar refractivity (Wildman–Crippen MR) is 68.8 cm³/mol. The molecule has 1 heterocycles. The number of hydrogen-bond donors (Lipinski definition) is 1. The van der Waals surface area contributed by atoms with Crippen LogP contribution < -0.4 is 5.32 Å². The van der Waals surface area contributed by atoms with Crippen molar-refractivity contribution >= 4 is 0 Å². The van der Waals surface area contributed by atoms with Crippen molar-refractivity contribution in [2.75, 3.05) is 39.4 Å². The van der Waals surface area contributed by atoms with Gasteiger partial charge >= 0.3 is 0 Å². The molecule has 1 fully saturated rings. The molecule has 0 saturated carbocycles. The molecule has 2 unspecified atom stereocenters. The van der Waals surface area contributed by atoms with Crippen molar-refractivity contribution in [3.8, 4) is 0 Å². The third-order valence-electron chi connectivity index (χ3n) is 3.52. The van der Waals surface area contributed by atoms with Crippen molar-refractivity contribution in [3.05, 3.63) is 0 Å². The van der Waals surface area contributed by atoms with Crippen LogP contribution in [0.2, 0.25) is 0 Å². The molecule has 0 bridgehead atoms. The van der Waals surface area contributed by atoms with Gasteiger partial charge in [0.1, 0.15) is 0 Å². The van der Waals surface area contributed by atoms with Gasteiger partial charge in [-0.3, -0.25) is 4.90 Å². The zero-order chi connectivity index (χ0) is 11.8. The zero-order valence-corrected chi connectivity index (χ0v) is 11.2. The molecule has 1 N–H and O–H groups in total. The van der Waals surface area contributed by atoms with Crippen molar-refractivity contribution in [3.63, 3.8) is 0 Å². The van der Waals surface area contributed by atoms with Crippen LogP contribution in [0.3, 0.4) is 0 Å². The molecule has 1 saturated heterocycles. The molecule has 3 nitrogen and oxygen atoms in total. The van der Waals surface area contributed by atoms with E-state index in [2.05, 4.69) is 31.0 Å². The maximum absolute atomic E-state index is 5.55. The van der Waals surface area contributed by atoms with E-state index in [1.54, 1.807) is 0 Å². The second kappa shape index (κ2) is 8.04. The smallest absolute Gasteiger partial charge is 0.0593 e. The third-order valence-corrected chi connectivity index (χ3v) is 3.52. The summed E-state index contributed by atoms with van der Waals surface area (Å²) in [6.07, 6.45) is 2.38. The lowest BCUT2D eigenvalue weighted by Gasteiger charge is -2.36. The Labute approximate surface area is 101 Å². The summed E-state index contributed by atoms with van der Waals surface area (Å²) in [5.74, 6) is 0.777. The maximum atomic E-state index is 5.55. The highest BCUT2D eigenvalue weighted by Crippen LogP contribution is 2.11. The molecular weight excluding hydrogens is 200 g/mol. The molecule has 2 atom stereocenters. The van der Waals surface area contributed by atoms with E-state index in [9.17, 15) is 0 Å². The number of nitrogens with zero attached hydrogens (tertiary/aromatic N) is 1. The number of hydrogen-bond acceptors (Lipinski definition) is 3. The second-order valence-electron chi connectivity index (χ2n) is 4.86. The SMILES string of the molecule is CCCOCCN1CCNC(C(C)CC)C1. The average Bonchev–Trinajstić information content (AvgIpc) is 2.34. The van der Waals surface area contributed by atoms with Crippen LogP contribution >= 0.6 is 0 Å². The normalized spacial score (nSPS) is 24.6. The van der Waals surface area contributed by atoms with E-state index in [1.165, 1.54) is 19.5 Å². The standard InChI is InChI=1S/C13H28N2O/c1-4-9-16-10-8-15-7-6-14-13(11-15)12(3)5-2/h12-14H,4-11H2,1-3H3. The molecule has 0 aromatic carbocycles. The Morgan fingerprint density at radius 1 is 1.38 bits per heavy atom. The molecule has 1 aliphatic rings. The van der Waals surface area contributed by atoms with Crippen LogP contribution in [-0.4, -0.2) is 50.3 Å². The minimum absolute atomic E-state index is 0.671. The molecule has 0 spiro atoms. The molecule has 1 aliphatic heterocycles. The van der Waals surface area contributed by atoms with Gasteiger partial charge in [-0.2, -0.15) is 0 Å². The molecule has 1 rings (SSSR count). The summed E-state index contributed by atoms with van der Waals surface area (Å²) in [6.45, 7) is 13.1. The Balaban J connectivity index is 2.17. The maximum Gasteiger partial charge on any atom is 0.0593 e. The minimum atomic E-state index is 0.671. The zero-order valence-electron chi connectivity index (χ0n) is 11.2. The van der Waals surface area contributed by atoms with Gasteiger partial charge in [0.05, 0.1) is 6.61 Å². The molecule has 0 amide bonds. The summed E-state index contributed by atoms with van der Waals surface area (Å²) < 4.78 is 5.55. The molecule has 0 aliphatic carbocycles. The van der Waals surface area contributed by atoms with Gasteiger partial charge in [0.15, 0.2) is 0 Å². The fraction of sp³-hybridized carbons (Fsp3) is 1.00. The Morgan fingerprint density at radius 2 is 2.19 bits per heavy atom. The predicted octanol–water partition coefficient (Wildman–Crippen LogP) is 1.73. The fourth-order valence-corrected chi connectivity index (χ4v) is 2.15. The minimum Gasteiger partial charge on any atom is -0.380 e.